The van der Waals surface area contributed by atoms with E-state index in [2.05, 4.69) is 48.3 Å². The van der Waals surface area contributed by atoms with E-state index in [0.29, 0.717) is 6.04 Å². The molecule has 0 amide bonds. The van der Waals surface area contributed by atoms with Gasteiger partial charge in [0, 0.05) is 19.1 Å². The topological polar surface area (TPSA) is 39.7 Å². The van der Waals surface area contributed by atoms with Gasteiger partial charge < -0.3 is 15.5 Å². The zero-order valence-electron chi connectivity index (χ0n) is 13.2. The summed E-state index contributed by atoms with van der Waals surface area (Å²) in [5, 5.41) is 6.94. The zero-order valence-corrected chi connectivity index (χ0v) is 13.2. The molecule has 2 N–H and O–H groups in total. The SMILES string of the molecule is CCNC(=NCCN(C)CC)NC1CCC(C)CC1. The van der Waals surface area contributed by atoms with Crippen molar-refractivity contribution in [3.05, 3.63) is 0 Å². The number of hydrogen-bond acceptors (Lipinski definition) is 2. The summed E-state index contributed by atoms with van der Waals surface area (Å²) in [6, 6.07) is 0.609. The van der Waals surface area contributed by atoms with Gasteiger partial charge in [-0.3, -0.25) is 4.99 Å². The molecule has 0 heterocycles. The fraction of sp³-hybridized carbons (Fsp3) is 0.933. The monoisotopic (exact) mass is 268 g/mol. The van der Waals surface area contributed by atoms with Crippen LogP contribution < -0.4 is 10.6 Å². The molecular formula is C15H32N4. The Labute approximate surface area is 119 Å². The highest BCUT2D eigenvalue weighted by Gasteiger charge is 2.18. The van der Waals surface area contributed by atoms with Crippen LogP contribution in [0.25, 0.3) is 0 Å². The first-order valence-corrected chi connectivity index (χ1v) is 7.89. The van der Waals surface area contributed by atoms with Gasteiger partial charge >= 0.3 is 0 Å². The van der Waals surface area contributed by atoms with Gasteiger partial charge in [0.25, 0.3) is 0 Å². The molecule has 0 aromatic carbocycles. The van der Waals surface area contributed by atoms with E-state index in [4.69, 9.17) is 0 Å². The summed E-state index contributed by atoms with van der Waals surface area (Å²) >= 11 is 0. The number of nitrogens with zero attached hydrogens (tertiary/aromatic N) is 2. The Morgan fingerprint density at radius 2 is 1.89 bits per heavy atom. The minimum absolute atomic E-state index is 0.609. The second kappa shape index (κ2) is 9.18. The maximum absolute atomic E-state index is 4.67. The third kappa shape index (κ3) is 6.81. The van der Waals surface area contributed by atoms with Crippen LogP contribution in [0.1, 0.15) is 46.5 Å². The van der Waals surface area contributed by atoms with Crippen LogP contribution >= 0.6 is 0 Å². The van der Waals surface area contributed by atoms with Gasteiger partial charge in [0.2, 0.25) is 0 Å². The predicted octanol–water partition coefficient (Wildman–Crippen LogP) is 2.07. The molecule has 1 rings (SSSR count). The number of guanidine groups is 1. The third-order valence-corrected chi connectivity index (χ3v) is 3.99. The van der Waals surface area contributed by atoms with Crippen molar-refractivity contribution in [1.29, 1.82) is 0 Å². The third-order valence-electron chi connectivity index (χ3n) is 3.99. The summed E-state index contributed by atoms with van der Waals surface area (Å²) in [7, 11) is 2.14. The van der Waals surface area contributed by atoms with E-state index < -0.39 is 0 Å². The van der Waals surface area contributed by atoms with E-state index in [9.17, 15) is 0 Å². The number of nitrogens with one attached hydrogen (secondary N) is 2. The lowest BCUT2D eigenvalue weighted by Crippen LogP contribution is -2.45. The molecule has 0 saturated heterocycles. The number of rotatable bonds is 6. The van der Waals surface area contributed by atoms with Crippen LogP contribution in [0.5, 0.6) is 0 Å². The average Bonchev–Trinajstić information content (AvgIpc) is 2.41. The van der Waals surface area contributed by atoms with Crippen molar-refractivity contribution in [2.75, 3.05) is 33.2 Å². The fourth-order valence-corrected chi connectivity index (χ4v) is 2.41. The molecular weight excluding hydrogens is 236 g/mol. The molecule has 1 aliphatic rings. The standard InChI is InChI=1S/C15H32N4/c1-5-16-15(17-11-12-19(4)6-2)18-14-9-7-13(3)8-10-14/h13-14H,5-12H2,1-4H3,(H2,16,17,18). The highest BCUT2D eigenvalue weighted by molar-refractivity contribution is 5.80. The molecule has 0 spiro atoms. The molecule has 19 heavy (non-hydrogen) atoms. The van der Waals surface area contributed by atoms with E-state index >= 15 is 0 Å². The van der Waals surface area contributed by atoms with Crippen molar-refractivity contribution in [3.63, 3.8) is 0 Å². The molecule has 0 unspecified atom stereocenters. The second-order valence-electron chi connectivity index (χ2n) is 5.76. The largest absolute Gasteiger partial charge is 0.357 e. The lowest BCUT2D eigenvalue weighted by molar-refractivity contribution is 0.329. The van der Waals surface area contributed by atoms with Gasteiger partial charge in [0.15, 0.2) is 5.96 Å². The Kier molecular flexibility index (Phi) is 7.87. The molecule has 0 atom stereocenters. The summed E-state index contributed by atoms with van der Waals surface area (Å²) in [6.45, 7) is 10.6. The fourth-order valence-electron chi connectivity index (χ4n) is 2.41. The molecule has 1 saturated carbocycles. The van der Waals surface area contributed by atoms with Crippen LogP contribution in [0.3, 0.4) is 0 Å². The van der Waals surface area contributed by atoms with Crippen LogP contribution in [0.4, 0.5) is 0 Å². The maximum atomic E-state index is 4.67. The van der Waals surface area contributed by atoms with E-state index in [1.165, 1.54) is 25.7 Å². The summed E-state index contributed by atoms with van der Waals surface area (Å²) in [4.78, 5) is 6.95. The molecule has 0 bridgehead atoms. The van der Waals surface area contributed by atoms with Crippen molar-refractivity contribution >= 4 is 5.96 Å². The smallest absolute Gasteiger partial charge is 0.191 e. The average molecular weight is 268 g/mol. The lowest BCUT2D eigenvalue weighted by atomic mass is 9.87. The van der Waals surface area contributed by atoms with Crippen LogP contribution in [-0.2, 0) is 0 Å². The maximum Gasteiger partial charge on any atom is 0.191 e. The molecule has 1 fully saturated rings. The molecule has 112 valence electrons. The Bertz CT molecular complexity index is 257. The number of likely N-dealkylation sites (N-methyl/N-ethyl adjacent to an activating group) is 1. The summed E-state index contributed by atoms with van der Waals surface area (Å²) in [5.74, 6) is 1.89. The first kappa shape index (κ1) is 16.3. The molecule has 1 aliphatic carbocycles. The van der Waals surface area contributed by atoms with Crippen LogP contribution in [0, 0.1) is 5.92 Å². The van der Waals surface area contributed by atoms with Gasteiger partial charge in [-0.25, -0.2) is 0 Å². The second-order valence-corrected chi connectivity index (χ2v) is 5.76. The zero-order chi connectivity index (χ0) is 14.1. The van der Waals surface area contributed by atoms with Gasteiger partial charge in [-0.15, -0.1) is 0 Å². The van der Waals surface area contributed by atoms with Gasteiger partial charge in [0.05, 0.1) is 6.54 Å². The summed E-state index contributed by atoms with van der Waals surface area (Å²) in [5.41, 5.74) is 0. The first-order chi connectivity index (χ1) is 9.15. The van der Waals surface area contributed by atoms with E-state index in [1.807, 2.05) is 0 Å². The van der Waals surface area contributed by atoms with E-state index in [1.54, 1.807) is 0 Å². The van der Waals surface area contributed by atoms with Crippen molar-refractivity contribution in [1.82, 2.24) is 15.5 Å². The first-order valence-electron chi connectivity index (χ1n) is 7.89. The van der Waals surface area contributed by atoms with Gasteiger partial charge in [-0.2, -0.15) is 0 Å². The Morgan fingerprint density at radius 3 is 2.47 bits per heavy atom. The molecule has 0 radical (unpaired) electrons. The minimum Gasteiger partial charge on any atom is -0.357 e. The Balaban J connectivity index is 2.36. The Morgan fingerprint density at radius 1 is 1.21 bits per heavy atom. The van der Waals surface area contributed by atoms with E-state index in [0.717, 1.165) is 38.1 Å². The van der Waals surface area contributed by atoms with Crippen LogP contribution in [0.15, 0.2) is 4.99 Å². The molecule has 0 aromatic rings. The normalized spacial score (nSPS) is 24.6. The highest BCUT2D eigenvalue weighted by Crippen LogP contribution is 2.23. The van der Waals surface area contributed by atoms with Gasteiger partial charge in [0.1, 0.15) is 0 Å². The van der Waals surface area contributed by atoms with Crippen LogP contribution in [0.2, 0.25) is 0 Å². The number of hydrogen-bond donors (Lipinski definition) is 2. The summed E-state index contributed by atoms with van der Waals surface area (Å²) in [6.07, 6.45) is 5.24. The molecule has 4 nitrogen and oxygen atoms in total. The van der Waals surface area contributed by atoms with Crippen LogP contribution in [-0.4, -0.2) is 50.1 Å². The van der Waals surface area contributed by atoms with Gasteiger partial charge in [-0.05, 0) is 52.1 Å². The molecule has 4 heteroatoms. The van der Waals surface area contributed by atoms with Gasteiger partial charge in [-0.1, -0.05) is 13.8 Å². The molecule has 0 aromatic heterocycles. The minimum atomic E-state index is 0.609. The quantitative estimate of drug-likeness (QED) is 0.572. The van der Waals surface area contributed by atoms with Crippen molar-refractivity contribution in [2.24, 2.45) is 10.9 Å². The van der Waals surface area contributed by atoms with Crippen molar-refractivity contribution in [2.45, 2.75) is 52.5 Å². The molecule has 0 aliphatic heterocycles. The van der Waals surface area contributed by atoms with Crippen molar-refractivity contribution < 1.29 is 0 Å². The van der Waals surface area contributed by atoms with E-state index in [-0.39, 0.29) is 0 Å². The van der Waals surface area contributed by atoms with Crippen molar-refractivity contribution in [3.8, 4) is 0 Å². The summed E-state index contributed by atoms with van der Waals surface area (Å²) < 4.78 is 0. The Hall–Kier alpha value is -0.770. The highest BCUT2D eigenvalue weighted by atomic mass is 15.2. The number of aliphatic imine (C=N–C) groups is 1. The lowest BCUT2D eigenvalue weighted by Gasteiger charge is -2.28. The predicted molar refractivity (Wildman–Crippen MR) is 83.7 cm³/mol.